The van der Waals surface area contributed by atoms with Gasteiger partial charge in [0.2, 0.25) is 0 Å². The first kappa shape index (κ1) is 12.7. The van der Waals surface area contributed by atoms with E-state index in [1.54, 1.807) is 7.11 Å². The lowest BCUT2D eigenvalue weighted by atomic mass is 10.0. The quantitative estimate of drug-likeness (QED) is 0.773. The molecule has 0 bridgehead atoms. The van der Waals surface area contributed by atoms with Crippen LogP contribution < -0.4 is 10.5 Å². The van der Waals surface area contributed by atoms with Crippen molar-refractivity contribution in [2.45, 2.75) is 32.7 Å². The first-order valence-electron chi connectivity index (χ1n) is 5.45. The predicted octanol–water partition coefficient (Wildman–Crippen LogP) is 2.15. The summed E-state index contributed by atoms with van der Waals surface area (Å²) in [5.41, 5.74) is 9.12. The van der Waals surface area contributed by atoms with Crippen LogP contribution >= 0.6 is 0 Å². The van der Waals surface area contributed by atoms with Crippen molar-refractivity contribution in [1.82, 2.24) is 4.98 Å². The van der Waals surface area contributed by atoms with Gasteiger partial charge in [0.1, 0.15) is 5.75 Å². The molecule has 1 atom stereocenters. The molecule has 0 radical (unpaired) electrons. The number of hydrogen-bond donors (Lipinski definition) is 1. The zero-order valence-electron chi connectivity index (χ0n) is 10.3. The lowest BCUT2D eigenvalue weighted by Gasteiger charge is -2.14. The fraction of sp³-hybridized carbons (Fsp3) is 0.462. The average Bonchev–Trinajstić information content (AvgIpc) is 2.23. The molecule has 1 heterocycles. The van der Waals surface area contributed by atoms with Gasteiger partial charge in [-0.3, -0.25) is 4.98 Å². The number of methoxy groups -OCH3 is 1. The monoisotopic (exact) mass is 220 g/mol. The summed E-state index contributed by atoms with van der Waals surface area (Å²) < 4.78 is 5.36. The molecule has 0 saturated carbocycles. The first-order chi connectivity index (χ1) is 7.60. The topological polar surface area (TPSA) is 48.1 Å². The van der Waals surface area contributed by atoms with Crippen molar-refractivity contribution in [3.05, 3.63) is 35.7 Å². The molecule has 88 valence electrons. The fourth-order valence-corrected chi connectivity index (χ4v) is 1.82. The molecule has 1 rings (SSSR count). The fourth-order valence-electron chi connectivity index (χ4n) is 1.82. The number of pyridine rings is 1. The minimum absolute atomic E-state index is 0.0797. The van der Waals surface area contributed by atoms with Crippen molar-refractivity contribution in [3.8, 4) is 5.75 Å². The van der Waals surface area contributed by atoms with E-state index >= 15 is 0 Å². The van der Waals surface area contributed by atoms with Crippen LogP contribution in [0.25, 0.3) is 0 Å². The number of aryl methyl sites for hydroxylation is 1. The van der Waals surface area contributed by atoms with Gasteiger partial charge in [0.05, 0.1) is 7.11 Å². The predicted molar refractivity (Wildman–Crippen MR) is 66.8 cm³/mol. The third kappa shape index (κ3) is 2.83. The van der Waals surface area contributed by atoms with Crippen LogP contribution in [0.15, 0.2) is 18.9 Å². The zero-order chi connectivity index (χ0) is 12.1. The van der Waals surface area contributed by atoms with Gasteiger partial charge >= 0.3 is 0 Å². The summed E-state index contributed by atoms with van der Waals surface area (Å²) in [6.45, 7) is 7.70. The highest BCUT2D eigenvalue weighted by atomic mass is 16.5. The van der Waals surface area contributed by atoms with Crippen molar-refractivity contribution in [1.29, 1.82) is 0 Å². The van der Waals surface area contributed by atoms with Crippen LogP contribution in [0.5, 0.6) is 5.75 Å². The molecule has 0 aliphatic carbocycles. The van der Waals surface area contributed by atoms with Crippen LogP contribution in [0.4, 0.5) is 0 Å². The summed E-state index contributed by atoms with van der Waals surface area (Å²) in [7, 11) is 1.68. The Kier molecular flexibility index (Phi) is 4.50. The molecule has 0 amide bonds. The Morgan fingerprint density at radius 1 is 1.56 bits per heavy atom. The Bertz CT molecular complexity index is 374. The van der Waals surface area contributed by atoms with E-state index in [2.05, 4.69) is 11.6 Å². The van der Waals surface area contributed by atoms with E-state index in [9.17, 15) is 0 Å². The zero-order valence-corrected chi connectivity index (χ0v) is 10.3. The SMILES string of the molecule is C=CCC(N)Cc1ncc(C)c(OC)c1C. The summed E-state index contributed by atoms with van der Waals surface area (Å²) >= 11 is 0. The van der Waals surface area contributed by atoms with Gasteiger partial charge in [-0.25, -0.2) is 0 Å². The van der Waals surface area contributed by atoms with E-state index in [0.29, 0.717) is 0 Å². The van der Waals surface area contributed by atoms with Crippen molar-refractivity contribution in [2.24, 2.45) is 5.73 Å². The molecule has 3 heteroatoms. The molecular weight excluding hydrogens is 200 g/mol. The molecule has 0 aromatic carbocycles. The van der Waals surface area contributed by atoms with E-state index in [4.69, 9.17) is 10.5 Å². The average molecular weight is 220 g/mol. The molecule has 1 aromatic heterocycles. The van der Waals surface area contributed by atoms with E-state index in [-0.39, 0.29) is 6.04 Å². The van der Waals surface area contributed by atoms with Gasteiger partial charge < -0.3 is 10.5 Å². The van der Waals surface area contributed by atoms with E-state index in [1.165, 1.54) is 0 Å². The second-order valence-electron chi connectivity index (χ2n) is 4.03. The maximum Gasteiger partial charge on any atom is 0.128 e. The molecule has 1 unspecified atom stereocenters. The standard InChI is InChI=1S/C13H20N2O/c1-5-6-11(14)7-12-10(3)13(16-4)9(2)8-15-12/h5,8,11H,1,6-7,14H2,2-4H3. The highest BCUT2D eigenvalue weighted by Crippen LogP contribution is 2.24. The highest BCUT2D eigenvalue weighted by Gasteiger charge is 2.11. The number of nitrogens with two attached hydrogens (primary N) is 1. The minimum Gasteiger partial charge on any atom is -0.496 e. The maximum absolute atomic E-state index is 5.96. The third-order valence-corrected chi connectivity index (χ3v) is 2.67. The summed E-state index contributed by atoms with van der Waals surface area (Å²) in [6.07, 6.45) is 5.24. The normalized spacial score (nSPS) is 12.2. The van der Waals surface area contributed by atoms with Gasteiger partial charge in [-0.2, -0.15) is 0 Å². The van der Waals surface area contributed by atoms with Gasteiger partial charge in [0, 0.05) is 35.5 Å². The molecule has 16 heavy (non-hydrogen) atoms. The third-order valence-electron chi connectivity index (χ3n) is 2.67. The summed E-state index contributed by atoms with van der Waals surface area (Å²) in [5, 5.41) is 0. The van der Waals surface area contributed by atoms with E-state index in [1.807, 2.05) is 26.1 Å². The minimum atomic E-state index is 0.0797. The number of nitrogens with zero attached hydrogens (tertiary/aromatic N) is 1. The summed E-state index contributed by atoms with van der Waals surface area (Å²) in [4.78, 5) is 4.41. The Morgan fingerprint density at radius 3 is 2.81 bits per heavy atom. The van der Waals surface area contributed by atoms with Crippen LogP contribution in [-0.4, -0.2) is 18.1 Å². The second kappa shape index (κ2) is 5.66. The van der Waals surface area contributed by atoms with Crippen molar-refractivity contribution in [3.63, 3.8) is 0 Å². The number of hydrogen-bond acceptors (Lipinski definition) is 3. The van der Waals surface area contributed by atoms with Crippen molar-refractivity contribution < 1.29 is 4.74 Å². The Hall–Kier alpha value is -1.35. The smallest absolute Gasteiger partial charge is 0.128 e. The Morgan fingerprint density at radius 2 is 2.25 bits per heavy atom. The molecule has 2 N–H and O–H groups in total. The van der Waals surface area contributed by atoms with Crippen LogP contribution in [0.3, 0.4) is 0 Å². The molecule has 0 saturated heterocycles. The van der Waals surface area contributed by atoms with Crippen LogP contribution in [0, 0.1) is 13.8 Å². The van der Waals surface area contributed by atoms with Gasteiger partial charge in [-0.1, -0.05) is 6.08 Å². The summed E-state index contributed by atoms with van der Waals surface area (Å²) in [5.74, 6) is 0.913. The van der Waals surface area contributed by atoms with E-state index in [0.717, 1.165) is 35.4 Å². The lowest BCUT2D eigenvalue weighted by molar-refractivity contribution is 0.406. The summed E-state index contributed by atoms with van der Waals surface area (Å²) in [6, 6.07) is 0.0797. The van der Waals surface area contributed by atoms with Crippen LogP contribution in [-0.2, 0) is 6.42 Å². The maximum atomic E-state index is 5.96. The molecule has 0 aliphatic rings. The van der Waals surface area contributed by atoms with Crippen molar-refractivity contribution >= 4 is 0 Å². The molecule has 3 nitrogen and oxygen atoms in total. The van der Waals surface area contributed by atoms with Crippen LogP contribution in [0.2, 0.25) is 0 Å². The largest absolute Gasteiger partial charge is 0.496 e. The lowest BCUT2D eigenvalue weighted by Crippen LogP contribution is -2.23. The Balaban J connectivity index is 2.93. The van der Waals surface area contributed by atoms with Gasteiger partial charge in [0.25, 0.3) is 0 Å². The molecule has 0 fully saturated rings. The second-order valence-corrected chi connectivity index (χ2v) is 4.03. The van der Waals surface area contributed by atoms with Crippen molar-refractivity contribution in [2.75, 3.05) is 7.11 Å². The van der Waals surface area contributed by atoms with Gasteiger partial charge in [0.15, 0.2) is 0 Å². The van der Waals surface area contributed by atoms with Gasteiger partial charge in [-0.05, 0) is 20.3 Å². The first-order valence-corrected chi connectivity index (χ1v) is 5.45. The molecular formula is C13H20N2O. The van der Waals surface area contributed by atoms with Gasteiger partial charge in [-0.15, -0.1) is 6.58 Å². The number of rotatable bonds is 5. The highest BCUT2D eigenvalue weighted by molar-refractivity contribution is 5.41. The van der Waals surface area contributed by atoms with Crippen LogP contribution in [0.1, 0.15) is 23.2 Å². The number of ether oxygens (including phenoxy) is 1. The molecule has 0 spiro atoms. The Labute approximate surface area is 97.3 Å². The van der Waals surface area contributed by atoms with E-state index < -0.39 is 0 Å². The number of aromatic nitrogens is 1. The molecule has 0 aliphatic heterocycles. The molecule has 1 aromatic rings.